The molecule has 7 heteroatoms. The van der Waals surface area contributed by atoms with Crippen LogP contribution in [-0.2, 0) is 6.61 Å². The van der Waals surface area contributed by atoms with E-state index >= 15 is 0 Å². The standard InChI is InChI=1S/C22H22FN3O3/c1-15-5-10-18(13-24-15)28-14-19-12-20(25-29-19)22(27)26-11-3-2-4-21(26)16-6-8-17(23)9-7-16/h5-10,12-13,21H,2-4,11,14H2,1H3/t21-/m0/s1. The topological polar surface area (TPSA) is 68.5 Å². The number of aryl methyl sites for hydroxylation is 1. The molecule has 1 saturated heterocycles. The minimum atomic E-state index is -0.285. The Balaban J connectivity index is 1.45. The second-order valence-electron chi connectivity index (χ2n) is 7.16. The molecule has 4 rings (SSSR count). The van der Waals surface area contributed by atoms with Crippen molar-refractivity contribution < 1.29 is 18.4 Å². The second-order valence-corrected chi connectivity index (χ2v) is 7.16. The molecule has 0 spiro atoms. The number of aromatic nitrogens is 2. The summed E-state index contributed by atoms with van der Waals surface area (Å²) in [5.74, 6) is 0.606. The average Bonchev–Trinajstić information content (AvgIpc) is 3.22. The SMILES string of the molecule is Cc1ccc(OCc2cc(C(=O)N3CCCC[C@H]3c3ccc(F)cc3)no2)cn1. The van der Waals surface area contributed by atoms with Crippen molar-refractivity contribution in [2.75, 3.05) is 6.54 Å². The van der Waals surface area contributed by atoms with Gasteiger partial charge >= 0.3 is 0 Å². The molecule has 3 heterocycles. The summed E-state index contributed by atoms with van der Waals surface area (Å²) in [5.41, 5.74) is 2.08. The van der Waals surface area contributed by atoms with Crippen molar-refractivity contribution in [3.63, 3.8) is 0 Å². The summed E-state index contributed by atoms with van der Waals surface area (Å²) in [6.07, 6.45) is 4.43. The van der Waals surface area contributed by atoms with Gasteiger partial charge in [0.05, 0.1) is 12.2 Å². The van der Waals surface area contributed by atoms with Crippen LogP contribution in [-0.4, -0.2) is 27.5 Å². The van der Waals surface area contributed by atoms with Crippen molar-refractivity contribution in [3.8, 4) is 5.75 Å². The number of carbonyl (C=O) groups excluding carboxylic acids is 1. The Hall–Kier alpha value is -3.22. The van der Waals surface area contributed by atoms with E-state index in [0.29, 0.717) is 18.1 Å². The first-order valence-corrected chi connectivity index (χ1v) is 9.67. The number of piperidine rings is 1. The molecule has 1 amide bonds. The first-order valence-electron chi connectivity index (χ1n) is 9.67. The van der Waals surface area contributed by atoms with Crippen LogP contribution in [0.1, 0.15) is 52.8 Å². The Morgan fingerprint density at radius 1 is 1.24 bits per heavy atom. The summed E-state index contributed by atoms with van der Waals surface area (Å²) < 4.78 is 24.2. The normalized spacial score (nSPS) is 16.6. The van der Waals surface area contributed by atoms with E-state index in [9.17, 15) is 9.18 Å². The van der Waals surface area contributed by atoms with Crippen LogP contribution in [0.5, 0.6) is 5.75 Å². The predicted molar refractivity (Wildman–Crippen MR) is 104 cm³/mol. The van der Waals surface area contributed by atoms with E-state index in [2.05, 4.69) is 10.1 Å². The molecule has 0 saturated carbocycles. The van der Waals surface area contributed by atoms with Gasteiger partial charge in [-0.05, 0) is 56.0 Å². The second kappa shape index (κ2) is 8.43. The van der Waals surface area contributed by atoms with Crippen molar-refractivity contribution >= 4 is 5.91 Å². The summed E-state index contributed by atoms with van der Waals surface area (Å²) in [5, 5.41) is 3.94. The molecule has 0 unspecified atom stereocenters. The van der Waals surface area contributed by atoms with Crippen molar-refractivity contribution in [2.24, 2.45) is 0 Å². The lowest BCUT2D eigenvalue weighted by Crippen LogP contribution is -2.38. The van der Waals surface area contributed by atoms with Gasteiger partial charge in [-0.3, -0.25) is 9.78 Å². The van der Waals surface area contributed by atoms with Gasteiger partial charge < -0.3 is 14.2 Å². The highest BCUT2D eigenvalue weighted by Crippen LogP contribution is 2.32. The molecular weight excluding hydrogens is 373 g/mol. The molecule has 0 N–H and O–H groups in total. The van der Waals surface area contributed by atoms with Crippen LogP contribution >= 0.6 is 0 Å². The third-order valence-corrected chi connectivity index (χ3v) is 5.06. The molecule has 1 aliphatic rings. The monoisotopic (exact) mass is 395 g/mol. The van der Waals surface area contributed by atoms with E-state index in [0.717, 1.165) is 30.5 Å². The minimum absolute atomic E-state index is 0.0908. The maximum atomic E-state index is 13.3. The van der Waals surface area contributed by atoms with E-state index in [1.54, 1.807) is 29.3 Å². The number of pyridine rings is 1. The number of hydrogen-bond acceptors (Lipinski definition) is 5. The number of rotatable bonds is 5. The molecule has 150 valence electrons. The van der Waals surface area contributed by atoms with E-state index in [-0.39, 0.29) is 30.1 Å². The Kier molecular flexibility index (Phi) is 5.55. The summed E-state index contributed by atoms with van der Waals surface area (Å²) in [7, 11) is 0. The number of hydrogen-bond donors (Lipinski definition) is 0. The van der Waals surface area contributed by atoms with Gasteiger partial charge in [0.1, 0.15) is 18.2 Å². The quantitative estimate of drug-likeness (QED) is 0.638. The molecule has 3 aromatic rings. The Morgan fingerprint density at radius 2 is 2.07 bits per heavy atom. The summed E-state index contributed by atoms with van der Waals surface area (Å²) in [6, 6.07) is 11.5. The third-order valence-electron chi connectivity index (χ3n) is 5.06. The number of amides is 1. The molecule has 1 fully saturated rings. The largest absolute Gasteiger partial charge is 0.484 e. The van der Waals surface area contributed by atoms with E-state index in [4.69, 9.17) is 9.26 Å². The van der Waals surface area contributed by atoms with Gasteiger partial charge in [0.25, 0.3) is 5.91 Å². The molecule has 0 radical (unpaired) electrons. The van der Waals surface area contributed by atoms with Crippen LogP contribution in [0.3, 0.4) is 0 Å². The summed E-state index contributed by atoms with van der Waals surface area (Å²) in [6.45, 7) is 2.69. The Labute approximate surface area is 168 Å². The molecule has 29 heavy (non-hydrogen) atoms. The third kappa shape index (κ3) is 4.45. The van der Waals surface area contributed by atoms with Crippen LogP contribution in [0.15, 0.2) is 53.2 Å². The van der Waals surface area contributed by atoms with Gasteiger partial charge in [-0.25, -0.2) is 4.39 Å². The minimum Gasteiger partial charge on any atom is -0.484 e. The van der Waals surface area contributed by atoms with Crippen LogP contribution < -0.4 is 4.74 Å². The first kappa shape index (κ1) is 19.1. The lowest BCUT2D eigenvalue weighted by atomic mass is 9.95. The number of carbonyl (C=O) groups is 1. The highest BCUT2D eigenvalue weighted by molar-refractivity contribution is 5.92. The maximum absolute atomic E-state index is 13.3. The van der Waals surface area contributed by atoms with Crippen LogP contribution in [0.25, 0.3) is 0 Å². The number of halogens is 1. The van der Waals surface area contributed by atoms with Crippen molar-refractivity contribution in [1.82, 2.24) is 15.0 Å². The maximum Gasteiger partial charge on any atom is 0.276 e. The zero-order valence-electron chi connectivity index (χ0n) is 16.2. The Bertz CT molecular complexity index is 970. The smallest absolute Gasteiger partial charge is 0.276 e. The highest BCUT2D eigenvalue weighted by atomic mass is 19.1. The van der Waals surface area contributed by atoms with E-state index in [1.165, 1.54) is 12.1 Å². The predicted octanol–water partition coefficient (Wildman–Crippen LogP) is 4.46. The molecule has 6 nitrogen and oxygen atoms in total. The van der Waals surface area contributed by atoms with Gasteiger partial charge in [-0.15, -0.1) is 0 Å². The average molecular weight is 395 g/mol. The Morgan fingerprint density at radius 3 is 2.83 bits per heavy atom. The van der Waals surface area contributed by atoms with Crippen LogP contribution in [0.2, 0.25) is 0 Å². The van der Waals surface area contributed by atoms with Crippen molar-refractivity contribution in [1.29, 1.82) is 0 Å². The number of nitrogens with zero attached hydrogens (tertiary/aromatic N) is 3. The fourth-order valence-corrected chi connectivity index (χ4v) is 3.53. The molecule has 0 aliphatic carbocycles. The number of benzene rings is 1. The fraction of sp³-hybridized carbons (Fsp3) is 0.318. The molecule has 1 aromatic carbocycles. The van der Waals surface area contributed by atoms with Gasteiger partial charge in [0.2, 0.25) is 0 Å². The van der Waals surface area contributed by atoms with Gasteiger partial charge in [-0.1, -0.05) is 17.3 Å². The van der Waals surface area contributed by atoms with Gasteiger partial charge in [0.15, 0.2) is 11.5 Å². The zero-order chi connectivity index (χ0) is 20.2. The summed E-state index contributed by atoms with van der Waals surface area (Å²) in [4.78, 5) is 19.0. The number of likely N-dealkylation sites (tertiary alicyclic amines) is 1. The summed E-state index contributed by atoms with van der Waals surface area (Å²) >= 11 is 0. The fourth-order valence-electron chi connectivity index (χ4n) is 3.53. The van der Waals surface area contributed by atoms with Crippen molar-refractivity contribution in [3.05, 3.63) is 77.2 Å². The van der Waals surface area contributed by atoms with Crippen molar-refractivity contribution in [2.45, 2.75) is 38.8 Å². The zero-order valence-corrected chi connectivity index (χ0v) is 16.2. The van der Waals surface area contributed by atoms with Gasteiger partial charge in [0, 0.05) is 18.3 Å². The molecule has 2 aromatic heterocycles. The molecule has 1 aliphatic heterocycles. The lowest BCUT2D eigenvalue weighted by molar-refractivity contribution is 0.0600. The van der Waals surface area contributed by atoms with E-state index < -0.39 is 0 Å². The molecule has 0 bridgehead atoms. The van der Waals surface area contributed by atoms with Gasteiger partial charge in [-0.2, -0.15) is 0 Å². The molecular formula is C22H22FN3O3. The molecule has 1 atom stereocenters. The first-order chi connectivity index (χ1) is 14.1. The van der Waals surface area contributed by atoms with Crippen LogP contribution in [0, 0.1) is 12.7 Å². The van der Waals surface area contributed by atoms with Crippen LogP contribution in [0.4, 0.5) is 4.39 Å². The van der Waals surface area contributed by atoms with E-state index in [1.807, 2.05) is 19.1 Å². The number of ether oxygens (including phenoxy) is 1. The lowest BCUT2D eigenvalue weighted by Gasteiger charge is -2.35. The highest BCUT2D eigenvalue weighted by Gasteiger charge is 2.30.